The van der Waals surface area contributed by atoms with Crippen molar-refractivity contribution >= 4 is 29.8 Å². The van der Waals surface area contributed by atoms with E-state index in [9.17, 15) is 24.0 Å². The number of imide groups is 1. The van der Waals surface area contributed by atoms with E-state index in [2.05, 4.69) is 42.1 Å². The van der Waals surface area contributed by atoms with Crippen molar-refractivity contribution in [3.63, 3.8) is 0 Å². The Balaban J connectivity index is 1.62. The lowest BCUT2D eigenvalue weighted by Gasteiger charge is -2.29. The van der Waals surface area contributed by atoms with Crippen LogP contribution >= 0.6 is 0 Å². The molecule has 1 saturated heterocycles. The summed E-state index contributed by atoms with van der Waals surface area (Å²) >= 11 is 0. The number of alkyl carbamates (subject to hydrolysis) is 1. The number of aromatic nitrogens is 4. The van der Waals surface area contributed by atoms with Gasteiger partial charge in [-0.05, 0) is 57.0 Å². The number of carbonyl (C=O) groups is 5. The summed E-state index contributed by atoms with van der Waals surface area (Å²) in [5.41, 5.74) is -1.16. The maximum absolute atomic E-state index is 13.3. The van der Waals surface area contributed by atoms with Crippen molar-refractivity contribution in [2.45, 2.75) is 83.8 Å². The minimum atomic E-state index is -1.35. The Hall–Kier alpha value is -4.60. The number of rotatable bonds is 14. The SMILES string of the molecule is CC(C)(C)OC(=O)NC(C)(C)C(=O)N[C@H](COCc1ccccc1)c1nnnn1CCCNC(=O)CC1NC(=O)NC1=O. The summed E-state index contributed by atoms with van der Waals surface area (Å²) in [6, 6.07) is 7.16. The average molecular weight is 602 g/mol. The highest BCUT2D eigenvalue weighted by atomic mass is 16.6. The van der Waals surface area contributed by atoms with E-state index in [1.807, 2.05) is 30.3 Å². The quantitative estimate of drug-likeness (QED) is 0.149. The minimum absolute atomic E-state index is 0.0232. The highest BCUT2D eigenvalue weighted by molar-refractivity contribution is 6.05. The molecule has 16 nitrogen and oxygen atoms in total. The van der Waals surface area contributed by atoms with Gasteiger partial charge in [-0.1, -0.05) is 30.3 Å². The van der Waals surface area contributed by atoms with Crippen molar-refractivity contribution in [1.82, 2.24) is 46.8 Å². The average Bonchev–Trinajstić information content (AvgIpc) is 3.50. The number of hydrogen-bond donors (Lipinski definition) is 5. The van der Waals surface area contributed by atoms with Crippen LogP contribution in [0.3, 0.4) is 0 Å². The van der Waals surface area contributed by atoms with E-state index in [-0.39, 0.29) is 32.7 Å². The van der Waals surface area contributed by atoms with Crippen LogP contribution in [-0.2, 0) is 37.0 Å². The molecule has 6 amide bonds. The number of aryl methyl sites for hydroxylation is 1. The molecule has 1 aromatic carbocycles. The van der Waals surface area contributed by atoms with Gasteiger partial charge in [0.25, 0.3) is 5.91 Å². The molecule has 2 aromatic rings. The Kier molecular flexibility index (Phi) is 11.1. The molecule has 0 saturated carbocycles. The minimum Gasteiger partial charge on any atom is -0.444 e. The number of nitrogens with one attached hydrogen (secondary N) is 5. The summed E-state index contributed by atoms with van der Waals surface area (Å²) in [6.07, 6.45) is -0.509. The van der Waals surface area contributed by atoms with Gasteiger partial charge in [0.15, 0.2) is 5.82 Å². The lowest BCUT2D eigenvalue weighted by Crippen LogP contribution is -2.56. The number of tetrazole rings is 1. The third-order valence-electron chi connectivity index (χ3n) is 6.07. The highest BCUT2D eigenvalue weighted by Gasteiger charge is 2.35. The first kappa shape index (κ1) is 32.9. The molecule has 3 rings (SSSR count). The molecular formula is C27H39N9O7. The van der Waals surface area contributed by atoms with Crippen LogP contribution in [0.15, 0.2) is 30.3 Å². The van der Waals surface area contributed by atoms with Crippen molar-refractivity contribution in [2.75, 3.05) is 13.2 Å². The number of nitrogens with zero attached hydrogens (tertiary/aromatic N) is 4. The van der Waals surface area contributed by atoms with Crippen molar-refractivity contribution in [1.29, 1.82) is 0 Å². The third kappa shape index (κ3) is 10.6. The predicted octanol–water partition coefficient (Wildman–Crippen LogP) is 0.455. The first-order valence-electron chi connectivity index (χ1n) is 13.8. The predicted molar refractivity (Wildman–Crippen MR) is 151 cm³/mol. The van der Waals surface area contributed by atoms with Gasteiger partial charge < -0.3 is 30.7 Å². The largest absolute Gasteiger partial charge is 0.444 e. The number of hydrogen-bond acceptors (Lipinski definition) is 10. The molecule has 16 heteroatoms. The van der Waals surface area contributed by atoms with E-state index in [1.165, 1.54) is 4.68 Å². The first-order valence-corrected chi connectivity index (χ1v) is 13.8. The van der Waals surface area contributed by atoms with Gasteiger partial charge in [-0.15, -0.1) is 5.10 Å². The molecule has 2 heterocycles. The molecule has 1 aliphatic heterocycles. The Morgan fingerprint density at radius 1 is 1.09 bits per heavy atom. The Morgan fingerprint density at radius 2 is 1.81 bits per heavy atom. The molecule has 0 bridgehead atoms. The van der Waals surface area contributed by atoms with Gasteiger partial charge in [-0.3, -0.25) is 19.7 Å². The zero-order valence-electron chi connectivity index (χ0n) is 24.9. The summed E-state index contributed by atoms with van der Waals surface area (Å²) in [4.78, 5) is 60.7. The summed E-state index contributed by atoms with van der Waals surface area (Å²) in [5.74, 6) is -1.16. The first-order chi connectivity index (χ1) is 20.2. The fourth-order valence-corrected chi connectivity index (χ4v) is 3.94. The second-order valence-corrected chi connectivity index (χ2v) is 11.5. The second kappa shape index (κ2) is 14.5. The Morgan fingerprint density at radius 3 is 2.47 bits per heavy atom. The van der Waals surface area contributed by atoms with Gasteiger partial charge in [-0.2, -0.15) is 0 Å². The Bertz CT molecular complexity index is 1290. The molecule has 43 heavy (non-hydrogen) atoms. The summed E-state index contributed by atoms with van der Waals surface area (Å²) in [7, 11) is 0. The molecule has 0 spiro atoms. The fraction of sp³-hybridized carbons (Fsp3) is 0.556. The molecule has 5 N–H and O–H groups in total. The summed E-state index contributed by atoms with van der Waals surface area (Å²) < 4.78 is 12.7. The van der Waals surface area contributed by atoms with Gasteiger partial charge in [0, 0.05) is 13.1 Å². The third-order valence-corrected chi connectivity index (χ3v) is 6.07. The van der Waals surface area contributed by atoms with Gasteiger partial charge in [0.1, 0.15) is 23.2 Å². The van der Waals surface area contributed by atoms with E-state index in [0.29, 0.717) is 12.2 Å². The van der Waals surface area contributed by atoms with Crippen molar-refractivity contribution in [2.24, 2.45) is 0 Å². The molecule has 0 radical (unpaired) electrons. The highest BCUT2D eigenvalue weighted by Crippen LogP contribution is 2.15. The van der Waals surface area contributed by atoms with Gasteiger partial charge in [0.05, 0.1) is 19.6 Å². The smallest absolute Gasteiger partial charge is 0.408 e. The molecule has 234 valence electrons. The molecule has 1 unspecified atom stereocenters. The molecule has 0 aliphatic carbocycles. The number of ether oxygens (including phenoxy) is 2. The van der Waals surface area contributed by atoms with Crippen molar-refractivity contribution in [3.05, 3.63) is 41.7 Å². The van der Waals surface area contributed by atoms with Crippen molar-refractivity contribution < 1.29 is 33.4 Å². The lowest BCUT2D eigenvalue weighted by atomic mass is 10.0. The van der Waals surface area contributed by atoms with Crippen LogP contribution < -0.4 is 26.6 Å². The van der Waals surface area contributed by atoms with Crippen LogP contribution in [0.1, 0.15) is 64.9 Å². The molecule has 1 aromatic heterocycles. The van der Waals surface area contributed by atoms with Crippen LogP contribution in [-0.4, -0.2) is 80.4 Å². The fourth-order valence-electron chi connectivity index (χ4n) is 3.94. The number of benzene rings is 1. The maximum atomic E-state index is 13.3. The van der Waals surface area contributed by atoms with Gasteiger partial charge >= 0.3 is 12.1 Å². The molecular weight excluding hydrogens is 562 g/mol. The zero-order valence-corrected chi connectivity index (χ0v) is 24.9. The Labute approximate surface area is 249 Å². The van der Waals surface area contributed by atoms with Gasteiger partial charge in [0.2, 0.25) is 11.8 Å². The zero-order chi connectivity index (χ0) is 31.6. The molecule has 1 fully saturated rings. The van der Waals surface area contributed by atoms with Crippen LogP contribution in [0.4, 0.5) is 9.59 Å². The molecule has 2 atom stereocenters. The van der Waals surface area contributed by atoms with Crippen LogP contribution in [0, 0.1) is 0 Å². The van der Waals surface area contributed by atoms with Crippen LogP contribution in [0.25, 0.3) is 0 Å². The monoisotopic (exact) mass is 601 g/mol. The van der Waals surface area contributed by atoms with Crippen LogP contribution in [0.2, 0.25) is 0 Å². The van der Waals surface area contributed by atoms with E-state index in [4.69, 9.17) is 9.47 Å². The van der Waals surface area contributed by atoms with Crippen molar-refractivity contribution in [3.8, 4) is 0 Å². The maximum Gasteiger partial charge on any atom is 0.408 e. The number of amides is 6. The topological polar surface area (TPSA) is 208 Å². The molecule has 1 aliphatic rings. The number of carbonyl (C=O) groups excluding carboxylic acids is 5. The lowest BCUT2D eigenvalue weighted by molar-refractivity contribution is -0.128. The van der Waals surface area contributed by atoms with E-state index >= 15 is 0 Å². The second-order valence-electron chi connectivity index (χ2n) is 11.5. The van der Waals surface area contributed by atoms with E-state index in [0.717, 1.165) is 5.56 Å². The summed E-state index contributed by atoms with van der Waals surface area (Å²) in [6.45, 7) is 9.08. The standard InChI is InChI=1S/C27H39N9O7/c1-26(2,3)43-25(41)32-27(4,5)23(39)29-19(16-42-15-17-10-7-6-8-11-17)21-33-34-35-36(21)13-9-12-28-20(37)14-18-22(38)31-24(40)30-18/h6-8,10-11,18-19H,9,12-16H2,1-5H3,(H,28,37)(H,29,39)(H,32,41)(H2,30,31,38,40)/t18?,19-/m1/s1. The van der Waals surface area contributed by atoms with E-state index in [1.54, 1.807) is 34.6 Å². The van der Waals surface area contributed by atoms with Crippen LogP contribution in [0.5, 0.6) is 0 Å². The summed E-state index contributed by atoms with van der Waals surface area (Å²) in [5, 5.41) is 24.5. The van der Waals surface area contributed by atoms with E-state index < -0.39 is 53.1 Å². The number of urea groups is 1. The van der Waals surface area contributed by atoms with Gasteiger partial charge in [-0.25, -0.2) is 14.3 Å². The normalized spacial score (nSPS) is 15.7.